The van der Waals surface area contributed by atoms with Gasteiger partial charge in [-0.25, -0.2) is 4.68 Å². The van der Waals surface area contributed by atoms with Gasteiger partial charge in [-0.05, 0) is 40.6 Å². The molecular weight excluding hydrogens is 326 g/mol. The van der Waals surface area contributed by atoms with Gasteiger partial charge in [0, 0.05) is 6.54 Å². The van der Waals surface area contributed by atoms with Crippen LogP contribution in [-0.4, -0.2) is 37.6 Å². The first kappa shape index (κ1) is 17.4. The Morgan fingerprint density at radius 2 is 1.81 bits per heavy atom. The molecule has 130 valence electrons. The summed E-state index contributed by atoms with van der Waals surface area (Å²) < 4.78 is 1.56. The Hall–Kier alpha value is -3.46. The lowest BCUT2D eigenvalue weighted by Crippen LogP contribution is -2.32. The zero-order chi connectivity index (χ0) is 18.4. The smallest absolute Gasteiger partial charge is 0.228 e. The molecule has 1 amide bonds. The SMILES string of the molecule is C#CCN(Cc1ccc(C)cc1)C(=O)Cc1ccc(-n2cnnn2)cc1. The van der Waals surface area contributed by atoms with Gasteiger partial charge in [0.1, 0.15) is 6.33 Å². The summed E-state index contributed by atoms with van der Waals surface area (Å²) in [5, 5.41) is 11.1. The average molecular weight is 345 g/mol. The lowest BCUT2D eigenvalue weighted by atomic mass is 10.1. The van der Waals surface area contributed by atoms with Gasteiger partial charge in [0.15, 0.2) is 0 Å². The number of hydrogen-bond acceptors (Lipinski definition) is 4. The molecule has 6 heteroatoms. The van der Waals surface area contributed by atoms with Gasteiger partial charge in [0.2, 0.25) is 5.91 Å². The maximum Gasteiger partial charge on any atom is 0.228 e. The Labute approximate surface area is 152 Å². The number of amides is 1. The number of tetrazole rings is 1. The van der Waals surface area contributed by atoms with Crippen LogP contribution < -0.4 is 0 Å². The normalized spacial score (nSPS) is 10.3. The van der Waals surface area contributed by atoms with Crippen molar-refractivity contribution in [2.75, 3.05) is 6.54 Å². The van der Waals surface area contributed by atoms with E-state index in [4.69, 9.17) is 6.42 Å². The van der Waals surface area contributed by atoms with E-state index in [2.05, 4.69) is 21.4 Å². The van der Waals surface area contributed by atoms with Crippen molar-refractivity contribution in [3.63, 3.8) is 0 Å². The van der Waals surface area contributed by atoms with Crippen molar-refractivity contribution >= 4 is 5.91 Å². The molecule has 26 heavy (non-hydrogen) atoms. The van der Waals surface area contributed by atoms with E-state index in [1.54, 1.807) is 9.58 Å². The molecule has 0 radical (unpaired) electrons. The van der Waals surface area contributed by atoms with Crippen molar-refractivity contribution in [1.29, 1.82) is 0 Å². The number of carbonyl (C=O) groups excluding carboxylic acids is 1. The van der Waals surface area contributed by atoms with Crippen LogP contribution in [0.25, 0.3) is 5.69 Å². The summed E-state index contributed by atoms with van der Waals surface area (Å²) in [4.78, 5) is 14.4. The molecule has 0 aliphatic rings. The molecule has 0 unspecified atom stereocenters. The quantitative estimate of drug-likeness (QED) is 0.642. The zero-order valence-corrected chi connectivity index (χ0v) is 14.5. The summed E-state index contributed by atoms with van der Waals surface area (Å²) in [5.41, 5.74) is 4.00. The van der Waals surface area contributed by atoms with Crippen LogP contribution in [0.15, 0.2) is 54.9 Å². The number of carbonyl (C=O) groups is 1. The first-order chi connectivity index (χ1) is 12.7. The molecule has 3 aromatic rings. The van der Waals surface area contributed by atoms with Gasteiger partial charge in [0.05, 0.1) is 18.7 Å². The molecule has 0 spiro atoms. The first-order valence-electron chi connectivity index (χ1n) is 8.25. The fourth-order valence-corrected chi connectivity index (χ4v) is 2.59. The number of nitrogens with zero attached hydrogens (tertiary/aromatic N) is 5. The van der Waals surface area contributed by atoms with Crippen LogP contribution in [0, 0.1) is 19.3 Å². The van der Waals surface area contributed by atoms with Gasteiger partial charge in [-0.15, -0.1) is 11.5 Å². The highest BCUT2D eigenvalue weighted by Crippen LogP contribution is 2.12. The molecule has 1 heterocycles. The summed E-state index contributed by atoms with van der Waals surface area (Å²) in [6.07, 6.45) is 7.27. The molecule has 0 bridgehead atoms. The minimum Gasteiger partial charge on any atom is -0.327 e. The van der Waals surface area contributed by atoms with E-state index >= 15 is 0 Å². The molecule has 0 saturated carbocycles. The maximum atomic E-state index is 12.7. The second kappa shape index (κ2) is 8.08. The molecule has 6 nitrogen and oxygen atoms in total. The van der Waals surface area contributed by atoms with Crippen LogP contribution >= 0.6 is 0 Å². The molecule has 2 aromatic carbocycles. The van der Waals surface area contributed by atoms with E-state index in [1.165, 1.54) is 11.9 Å². The van der Waals surface area contributed by atoms with Crippen LogP contribution in [0.5, 0.6) is 0 Å². The number of hydrogen-bond donors (Lipinski definition) is 0. The third-order valence-electron chi connectivity index (χ3n) is 4.03. The van der Waals surface area contributed by atoms with Crippen molar-refractivity contribution in [1.82, 2.24) is 25.1 Å². The molecular formula is C20H19N5O. The van der Waals surface area contributed by atoms with Crippen LogP contribution in [0.3, 0.4) is 0 Å². The number of aromatic nitrogens is 4. The predicted molar refractivity (Wildman–Crippen MR) is 98.3 cm³/mol. The Balaban J connectivity index is 1.67. The summed E-state index contributed by atoms with van der Waals surface area (Å²) in [7, 11) is 0. The van der Waals surface area contributed by atoms with Crippen molar-refractivity contribution in [2.45, 2.75) is 19.9 Å². The van der Waals surface area contributed by atoms with Crippen LogP contribution in [0.2, 0.25) is 0 Å². The second-order valence-corrected chi connectivity index (χ2v) is 6.04. The van der Waals surface area contributed by atoms with Crippen molar-refractivity contribution in [3.05, 3.63) is 71.5 Å². The summed E-state index contributed by atoms with van der Waals surface area (Å²) in [5.74, 6) is 2.57. The lowest BCUT2D eigenvalue weighted by molar-refractivity contribution is -0.130. The standard InChI is InChI=1S/C20H19N5O/c1-3-12-24(14-18-6-4-16(2)5-7-18)20(26)13-17-8-10-19(11-9-17)25-15-21-22-23-25/h1,4-11,15H,12-14H2,2H3. The van der Waals surface area contributed by atoms with Crippen molar-refractivity contribution in [2.24, 2.45) is 0 Å². The summed E-state index contributed by atoms with van der Waals surface area (Å²) in [6, 6.07) is 15.7. The fourth-order valence-electron chi connectivity index (χ4n) is 2.59. The van der Waals surface area contributed by atoms with Crippen molar-refractivity contribution in [3.8, 4) is 18.0 Å². The molecule has 0 aliphatic heterocycles. The van der Waals surface area contributed by atoms with Gasteiger partial charge in [-0.3, -0.25) is 4.79 Å². The van der Waals surface area contributed by atoms with Crippen LogP contribution in [0.1, 0.15) is 16.7 Å². The van der Waals surface area contributed by atoms with E-state index in [0.717, 1.165) is 16.8 Å². The Bertz CT molecular complexity index is 893. The summed E-state index contributed by atoms with van der Waals surface area (Å²) in [6.45, 7) is 2.83. The number of benzene rings is 2. The highest BCUT2D eigenvalue weighted by molar-refractivity contribution is 5.79. The third-order valence-corrected chi connectivity index (χ3v) is 4.03. The Kier molecular flexibility index (Phi) is 5.40. The topological polar surface area (TPSA) is 63.9 Å². The minimum atomic E-state index is -0.00121. The minimum absolute atomic E-state index is 0.00121. The highest BCUT2D eigenvalue weighted by Gasteiger charge is 2.14. The van der Waals surface area contributed by atoms with Gasteiger partial charge < -0.3 is 4.90 Å². The molecule has 0 atom stereocenters. The van der Waals surface area contributed by atoms with Gasteiger partial charge >= 0.3 is 0 Å². The Morgan fingerprint density at radius 3 is 2.42 bits per heavy atom. The third kappa shape index (κ3) is 4.33. The first-order valence-corrected chi connectivity index (χ1v) is 8.25. The monoisotopic (exact) mass is 345 g/mol. The highest BCUT2D eigenvalue weighted by atomic mass is 16.2. The molecule has 0 aliphatic carbocycles. The van der Waals surface area contributed by atoms with Gasteiger partial charge in [-0.1, -0.05) is 47.9 Å². The lowest BCUT2D eigenvalue weighted by Gasteiger charge is -2.20. The molecule has 3 rings (SSSR count). The maximum absolute atomic E-state index is 12.7. The molecule has 0 saturated heterocycles. The Morgan fingerprint density at radius 1 is 1.12 bits per heavy atom. The van der Waals surface area contributed by atoms with E-state index in [9.17, 15) is 4.79 Å². The average Bonchev–Trinajstić information content (AvgIpc) is 3.18. The predicted octanol–water partition coefficient (Wildman–Crippen LogP) is 2.18. The van der Waals surface area contributed by atoms with Crippen molar-refractivity contribution < 1.29 is 4.79 Å². The zero-order valence-electron chi connectivity index (χ0n) is 14.5. The largest absolute Gasteiger partial charge is 0.327 e. The van der Waals surface area contributed by atoms with Gasteiger partial charge in [-0.2, -0.15) is 0 Å². The van der Waals surface area contributed by atoms with E-state index in [0.29, 0.717) is 13.0 Å². The van der Waals surface area contributed by atoms with Crippen LogP contribution in [-0.2, 0) is 17.8 Å². The number of terminal acetylenes is 1. The summed E-state index contributed by atoms with van der Waals surface area (Å²) >= 11 is 0. The van der Waals surface area contributed by atoms with E-state index < -0.39 is 0 Å². The second-order valence-electron chi connectivity index (χ2n) is 6.04. The number of aryl methyl sites for hydroxylation is 1. The molecule has 0 fully saturated rings. The van der Waals surface area contributed by atoms with Gasteiger partial charge in [0.25, 0.3) is 0 Å². The van der Waals surface area contributed by atoms with E-state index in [1.807, 2.05) is 55.5 Å². The number of rotatable bonds is 6. The van der Waals surface area contributed by atoms with Crippen LogP contribution in [0.4, 0.5) is 0 Å². The van der Waals surface area contributed by atoms with E-state index in [-0.39, 0.29) is 12.5 Å². The fraction of sp³-hybridized carbons (Fsp3) is 0.200. The molecule has 0 N–H and O–H groups in total. The molecule has 1 aromatic heterocycles.